The standard InChI is InChI=1S/C11H18F3N5/c1-15-8-7-9(19(4)6-5-18(2)3)17-10(16-8)11(12,13)14/h7H,5-6H2,1-4H3,(H,15,16,17). The number of hydrogen-bond acceptors (Lipinski definition) is 5. The van der Waals surface area contributed by atoms with Gasteiger partial charge in [-0.1, -0.05) is 0 Å². The van der Waals surface area contributed by atoms with Crippen molar-refractivity contribution in [3.8, 4) is 0 Å². The van der Waals surface area contributed by atoms with E-state index in [1.807, 2.05) is 19.0 Å². The van der Waals surface area contributed by atoms with E-state index in [0.29, 0.717) is 6.54 Å². The van der Waals surface area contributed by atoms with E-state index in [-0.39, 0.29) is 11.6 Å². The molecule has 0 bridgehead atoms. The molecule has 5 nitrogen and oxygen atoms in total. The average molecular weight is 277 g/mol. The number of anilines is 2. The first kappa shape index (κ1) is 15.5. The van der Waals surface area contributed by atoms with E-state index in [9.17, 15) is 13.2 Å². The summed E-state index contributed by atoms with van der Waals surface area (Å²) < 4.78 is 38.0. The van der Waals surface area contributed by atoms with Gasteiger partial charge in [0.1, 0.15) is 11.6 Å². The van der Waals surface area contributed by atoms with Crippen LogP contribution in [0.25, 0.3) is 0 Å². The van der Waals surface area contributed by atoms with Crippen molar-refractivity contribution in [2.24, 2.45) is 0 Å². The Kier molecular flexibility index (Phi) is 4.93. The summed E-state index contributed by atoms with van der Waals surface area (Å²) in [7, 11) is 7.01. The molecule has 0 saturated heterocycles. The van der Waals surface area contributed by atoms with Gasteiger partial charge in [-0.2, -0.15) is 13.2 Å². The van der Waals surface area contributed by atoms with Crippen LogP contribution >= 0.6 is 0 Å². The molecule has 0 unspecified atom stereocenters. The van der Waals surface area contributed by atoms with E-state index in [1.54, 1.807) is 11.9 Å². The largest absolute Gasteiger partial charge is 0.451 e. The lowest BCUT2D eigenvalue weighted by molar-refractivity contribution is -0.144. The molecule has 0 aromatic carbocycles. The lowest BCUT2D eigenvalue weighted by atomic mass is 10.4. The molecule has 0 atom stereocenters. The molecule has 0 saturated carbocycles. The van der Waals surface area contributed by atoms with Crippen molar-refractivity contribution >= 4 is 11.6 Å². The minimum atomic E-state index is -4.55. The van der Waals surface area contributed by atoms with Crippen LogP contribution in [0.1, 0.15) is 5.82 Å². The van der Waals surface area contributed by atoms with Crippen LogP contribution < -0.4 is 10.2 Å². The molecule has 0 fully saturated rings. The molecule has 8 heteroatoms. The van der Waals surface area contributed by atoms with Gasteiger partial charge in [-0.15, -0.1) is 0 Å². The molecule has 0 aliphatic carbocycles. The Bertz CT molecular complexity index is 419. The van der Waals surface area contributed by atoms with Gasteiger partial charge < -0.3 is 15.1 Å². The first-order valence-electron chi connectivity index (χ1n) is 5.74. The van der Waals surface area contributed by atoms with Crippen molar-refractivity contribution in [1.82, 2.24) is 14.9 Å². The fourth-order valence-corrected chi connectivity index (χ4v) is 1.35. The minimum absolute atomic E-state index is 0.147. The van der Waals surface area contributed by atoms with Gasteiger partial charge in [-0.05, 0) is 14.1 Å². The maximum Gasteiger partial charge on any atom is 0.451 e. The van der Waals surface area contributed by atoms with E-state index >= 15 is 0 Å². The second-order valence-electron chi connectivity index (χ2n) is 4.41. The van der Waals surface area contributed by atoms with Gasteiger partial charge >= 0.3 is 6.18 Å². The zero-order chi connectivity index (χ0) is 14.6. The van der Waals surface area contributed by atoms with E-state index in [2.05, 4.69) is 15.3 Å². The highest BCUT2D eigenvalue weighted by Gasteiger charge is 2.35. The van der Waals surface area contributed by atoms with Crippen LogP contribution in [0.5, 0.6) is 0 Å². The Labute approximate surface area is 110 Å². The molecule has 108 valence electrons. The predicted molar refractivity (Wildman–Crippen MR) is 68.4 cm³/mol. The second-order valence-corrected chi connectivity index (χ2v) is 4.41. The van der Waals surface area contributed by atoms with Crippen LogP contribution in [-0.4, -0.2) is 56.1 Å². The molecule has 19 heavy (non-hydrogen) atoms. The molecule has 1 heterocycles. The van der Waals surface area contributed by atoms with Gasteiger partial charge in [-0.3, -0.25) is 0 Å². The van der Waals surface area contributed by atoms with Crippen molar-refractivity contribution in [1.29, 1.82) is 0 Å². The number of likely N-dealkylation sites (N-methyl/N-ethyl adjacent to an activating group) is 2. The zero-order valence-electron chi connectivity index (χ0n) is 11.4. The summed E-state index contributed by atoms with van der Waals surface area (Å²) >= 11 is 0. The highest BCUT2D eigenvalue weighted by atomic mass is 19.4. The topological polar surface area (TPSA) is 44.3 Å². The maximum absolute atomic E-state index is 12.7. The molecule has 1 rings (SSSR count). The third kappa shape index (κ3) is 4.55. The normalized spacial score (nSPS) is 11.8. The SMILES string of the molecule is CNc1cc(N(C)CCN(C)C)nc(C(F)(F)F)n1. The van der Waals surface area contributed by atoms with Crippen LogP contribution in [-0.2, 0) is 6.18 Å². The third-order valence-corrected chi connectivity index (χ3v) is 2.50. The first-order valence-corrected chi connectivity index (χ1v) is 5.74. The van der Waals surface area contributed by atoms with Gasteiger partial charge in [-0.25, -0.2) is 9.97 Å². The number of halogens is 3. The Hall–Kier alpha value is -1.57. The summed E-state index contributed by atoms with van der Waals surface area (Å²) in [5.74, 6) is -0.742. The average Bonchev–Trinajstić information content (AvgIpc) is 2.34. The Balaban J connectivity index is 2.99. The molecular weight excluding hydrogens is 259 g/mol. The predicted octanol–water partition coefficient (Wildman–Crippen LogP) is 1.53. The van der Waals surface area contributed by atoms with Crippen molar-refractivity contribution < 1.29 is 13.2 Å². The van der Waals surface area contributed by atoms with Crippen molar-refractivity contribution in [2.75, 3.05) is 51.5 Å². The lowest BCUT2D eigenvalue weighted by Gasteiger charge is -2.21. The Morgan fingerprint density at radius 1 is 1.16 bits per heavy atom. The molecule has 1 N–H and O–H groups in total. The summed E-state index contributed by atoms with van der Waals surface area (Å²) in [5, 5.41) is 2.61. The fraction of sp³-hybridized carbons (Fsp3) is 0.636. The summed E-state index contributed by atoms with van der Waals surface area (Å²) in [6.45, 7) is 1.29. The van der Waals surface area contributed by atoms with E-state index in [4.69, 9.17) is 0 Å². The lowest BCUT2D eigenvalue weighted by Crippen LogP contribution is -2.29. The number of nitrogens with one attached hydrogen (secondary N) is 1. The van der Waals surface area contributed by atoms with E-state index < -0.39 is 12.0 Å². The van der Waals surface area contributed by atoms with E-state index in [0.717, 1.165) is 6.54 Å². The summed E-state index contributed by atoms with van der Waals surface area (Å²) in [4.78, 5) is 10.6. The van der Waals surface area contributed by atoms with Crippen LogP contribution in [0.4, 0.5) is 24.8 Å². The first-order chi connectivity index (χ1) is 8.74. The van der Waals surface area contributed by atoms with Crippen LogP contribution in [0, 0.1) is 0 Å². The van der Waals surface area contributed by atoms with Gasteiger partial charge in [0.05, 0.1) is 0 Å². The Morgan fingerprint density at radius 3 is 2.26 bits per heavy atom. The molecule has 0 amide bonds. The van der Waals surface area contributed by atoms with Crippen molar-refractivity contribution in [3.05, 3.63) is 11.9 Å². The van der Waals surface area contributed by atoms with Gasteiger partial charge in [0.2, 0.25) is 5.82 Å². The third-order valence-electron chi connectivity index (χ3n) is 2.50. The Morgan fingerprint density at radius 2 is 1.79 bits per heavy atom. The molecule has 0 aliphatic heterocycles. The second kappa shape index (κ2) is 6.05. The number of aromatic nitrogens is 2. The number of rotatable bonds is 5. The van der Waals surface area contributed by atoms with Crippen LogP contribution in [0.15, 0.2) is 6.07 Å². The van der Waals surface area contributed by atoms with Gasteiger partial charge in [0.15, 0.2) is 0 Å². The summed E-state index contributed by atoms with van der Waals surface area (Å²) in [5.41, 5.74) is 0. The van der Waals surface area contributed by atoms with E-state index in [1.165, 1.54) is 13.1 Å². The smallest absolute Gasteiger partial charge is 0.373 e. The van der Waals surface area contributed by atoms with Crippen LogP contribution in [0.3, 0.4) is 0 Å². The zero-order valence-corrected chi connectivity index (χ0v) is 11.4. The molecule has 0 aliphatic rings. The van der Waals surface area contributed by atoms with Crippen molar-refractivity contribution in [2.45, 2.75) is 6.18 Å². The highest BCUT2D eigenvalue weighted by Crippen LogP contribution is 2.28. The molecule has 1 aromatic heterocycles. The quantitative estimate of drug-likeness (QED) is 0.884. The monoisotopic (exact) mass is 277 g/mol. The highest BCUT2D eigenvalue weighted by molar-refractivity contribution is 5.48. The van der Waals surface area contributed by atoms with Gasteiger partial charge in [0.25, 0.3) is 0 Å². The van der Waals surface area contributed by atoms with Gasteiger partial charge in [0, 0.05) is 33.3 Å². The van der Waals surface area contributed by atoms with Crippen LogP contribution in [0.2, 0.25) is 0 Å². The maximum atomic E-state index is 12.7. The molecule has 0 spiro atoms. The minimum Gasteiger partial charge on any atom is -0.373 e. The molecule has 1 aromatic rings. The number of nitrogens with zero attached hydrogens (tertiary/aromatic N) is 4. The summed E-state index contributed by atoms with van der Waals surface area (Å²) in [6, 6.07) is 1.49. The molecule has 0 radical (unpaired) electrons. The fourth-order valence-electron chi connectivity index (χ4n) is 1.35. The number of alkyl halides is 3. The van der Waals surface area contributed by atoms with Crippen molar-refractivity contribution in [3.63, 3.8) is 0 Å². The summed E-state index contributed by atoms with van der Waals surface area (Å²) in [6.07, 6.45) is -4.55. The molecular formula is C11H18F3N5. The number of hydrogen-bond donors (Lipinski definition) is 1.